The summed E-state index contributed by atoms with van der Waals surface area (Å²) in [4.78, 5) is 0. The zero-order valence-corrected chi connectivity index (χ0v) is 10.9. The maximum Gasteiger partial charge on any atom is 0.131 e. The van der Waals surface area contributed by atoms with Crippen molar-refractivity contribution in [3.63, 3.8) is 0 Å². The fraction of sp³-hybridized carbons (Fsp3) is 0.143. The Bertz CT molecular complexity index is 599. The van der Waals surface area contributed by atoms with Gasteiger partial charge in [-0.05, 0) is 37.1 Å². The molecule has 0 aliphatic heterocycles. The highest BCUT2D eigenvalue weighted by Gasteiger charge is 2.07. The lowest BCUT2D eigenvalue weighted by molar-refractivity contribution is 0.472. The average molecular weight is 266 g/mol. The van der Waals surface area contributed by atoms with E-state index in [2.05, 4.69) is 0 Å². The van der Waals surface area contributed by atoms with Gasteiger partial charge in [-0.2, -0.15) is 0 Å². The van der Waals surface area contributed by atoms with E-state index in [1.807, 2.05) is 6.92 Å². The predicted molar refractivity (Wildman–Crippen MR) is 71.8 cm³/mol. The second-order valence-corrected chi connectivity index (χ2v) is 4.56. The lowest BCUT2D eigenvalue weighted by Gasteiger charge is -2.11. The summed E-state index contributed by atoms with van der Waals surface area (Å²) >= 11 is 5.93. The third-order valence-corrected chi connectivity index (χ3v) is 2.99. The van der Waals surface area contributed by atoms with Crippen LogP contribution in [0.25, 0.3) is 0 Å². The van der Waals surface area contributed by atoms with E-state index in [1.54, 1.807) is 31.2 Å². The Morgan fingerprint density at radius 1 is 1.11 bits per heavy atom. The Morgan fingerprint density at radius 3 is 2.50 bits per heavy atom. The molecule has 0 atom stereocenters. The first kappa shape index (κ1) is 12.7. The summed E-state index contributed by atoms with van der Waals surface area (Å²) in [6.45, 7) is 3.55. The maximum absolute atomic E-state index is 13.4. The second-order valence-electron chi connectivity index (χ2n) is 4.15. The molecule has 18 heavy (non-hydrogen) atoms. The van der Waals surface area contributed by atoms with Crippen molar-refractivity contribution in [1.29, 1.82) is 0 Å². The van der Waals surface area contributed by atoms with Gasteiger partial charge in [-0.25, -0.2) is 4.39 Å². The quantitative estimate of drug-likeness (QED) is 0.813. The van der Waals surface area contributed by atoms with E-state index < -0.39 is 0 Å². The smallest absolute Gasteiger partial charge is 0.131 e. The van der Waals surface area contributed by atoms with Gasteiger partial charge in [0.25, 0.3) is 0 Å². The number of benzene rings is 2. The van der Waals surface area contributed by atoms with Gasteiger partial charge in [0.15, 0.2) is 0 Å². The van der Waals surface area contributed by atoms with E-state index >= 15 is 0 Å². The summed E-state index contributed by atoms with van der Waals surface area (Å²) in [5.41, 5.74) is 7.60. The number of ether oxygens (including phenoxy) is 1. The molecule has 0 unspecified atom stereocenters. The summed E-state index contributed by atoms with van der Waals surface area (Å²) in [6, 6.07) is 8.08. The fourth-order valence-electron chi connectivity index (χ4n) is 1.56. The minimum absolute atomic E-state index is 0.299. The molecule has 0 saturated carbocycles. The van der Waals surface area contributed by atoms with E-state index in [1.165, 1.54) is 6.07 Å². The fourth-order valence-corrected chi connectivity index (χ4v) is 1.71. The van der Waals surface area contributed by atoms with Crippen molar-refractivity contribution in [3.05, 3.63) is 52.3 Å². The monoisotopic (exact) mass is 265 g/mol. The van der Waals surface area contributed by atoms with E-state index in [0.717, 1.165) is 5.56 Å². The summed E-state index contributed by atoms with van der Waals surface area (Å²) in [5.74, 6) is 0.700. The van der Waals surface area contributed by atoms with Crippen molar-refractivity contribution in [2.45, 2.75) is 13.8 Å². The van der Waals surface area contributed by atoms with Crippen LogP contribution in [-0.4, -0.2) is 0 Å². The normalized spacial score (nSPS) is 10.4. The van der Waals surface area contributed by atoms with Crippen LogP contribution >= 0.6 is 11.6 Å². The molecule has 0 amide bonds. The molecule has 4 heteroatoms. The molecule has 0 saturated heterocycles. The number of nitrogens with two attached hydrogens (primary N) is 1. The Labute approximate surface area is 110 Å². The highest BCUT2D eigenvalue weighted by molar-refractivity contribution is 6.33. The van der Waals surface area contributed by atoms with E-state index in [-0.39, 0.29) is 5.82 Å². The molecule has 2 aromatic carbocycles. The largest absolute Gasteiger partial charge is 0.457 e. The first-order valence-electron chi connectivity index (χ1n) is 5.47. The van der Waals surface area contributed by atoms with Crippen LogP contribution in [0.15, 0.2) is 30.3 Å². The number of aryl methyl sites for hydroxylation is 2. The topological polar surface area (TPSA) is 35.2 Å². The van der Waals surface area contributed by atoms with Crippen molar-refractivity contribution >= 4 is 17.3 Å². The van der Waals surface area contributed by atoms with Crippen LogP contribution in [0.5, 0.6) is 11.5 Å². The van der Waals surface area contributed by atoms with Crippen LogP contribution in [0, 0.1) is 19.7 Å². The molecule has 2 nitrogen and oxygen atoms in total. The summed E-state index contributed by atoms with van der Waals surface area (Å²) in [6.07, 6.45) is 0. The zero-order valence-electron chi connectivity index (χ0n) is 10.1. The van der Waals surface area contributed by atoms with Crippen molar-refractivity contribution in [2.24, 2.45) is 0 Å². The molecule has 0 bridgehead atoms. The summed E-state index contributed by atoms with van der Waals surface area (Å²) < 4.78 is 19.0. The molecular weight excluding hydrogens is 253 g/mol. The van der Waals surface area contributed by atoms with Crippen molar-refractivity contribution < 1.29 is 9.13 Å². The zero-order chi connectivity index (χ0) is 13.3. The van der Waals surface area contributed by atoms with Gasteiger partial charge in [-0.3, -0.25) is 0 Å². The van der Waals surface area contributed by atoms with Gasteiger partial charge in [-0.1, -0.05) is 17.7 Å². The van der Waals surface area contributed by atoms with Gasteiger partial charge < -0.3 is 10.5 Å². The molecule has 0 aliphatic carbocycles. The first-order valence-corrected chi connectivity index (χ1v) is 5.85. The van der Waals surface area contributed by atoms with Crippen molar-refractivity contribution in [3.8, 4) is 11.5 Å². The van der Waals surface area contributed by atoms with Crippen LogP contribution < -0.4 is 10.5 Å². The summed E-state index contributed by atoms with van der Waals surface area (Å²) in [7, 11) is 0. The van der Waals surface area contributed by atoms with Gasteiger partial charge in [0, 0.05) is 12.1 Å². The molecule has 2 rings (SSSR count). The van der Waals surface area contributed by atoms with Gasteiger partial charge in [0.2, 0.25) is 0 Å². The molecule has 0 fully saturated rings. The Balaban J connectivity index is 2.34. The Hall–Kier alpha value is -1.74. The predicted octanol–water partition coefficient (Wildman–Crippen LogP) is 4.47. The third-order valence-electron chi connectivity index (χ3n) is 2.67. The molecule has 2 N–H and O–H groups in total. The van der Waals surface area contributed by atoms with Crippen LogP contribution in [-0.2, 0) is 0 Å². The first-order chi connectivity index (χ1) is 8.47. The van der Waals surface area contributed by atoms with Crippen LogP contribution in [0.4, 0.5) is 10.1 Å². The van der Waals surface area contributed by atoms with Gasteiger partial charge >= 0.3 is 0 Å². The maximum atomic E-state index is 13.4. The molecule has 0 aromatic heterocycles. The van der Waals surface area contributed by atoms with Gasteiger partial charge in [0.1, 0.15) is 17.3 Å². The highest BCUT2D eigenvalue weighted by atomic mass is 35.5. The Morgan fingerprint density at radius 2 is 1.83 bits per heavy atom. The molecule has 2 aromatic rings. The molecular formula is C14H13ClFNO. The van der Waals surface area contributed by atoms with E-state index in [9.17, 15) is 4.39 Å². The molecule has 0 heterocycles. The number of hydrogen-bond acceptors (Lipinski definition) is 2. The van der Waals surface area contributed by atoms with Gasteiger partial charge in [-0.15, -0.1) is 0 Å². The average Bonchev–Trinajstić information content (AvgIpc) is 2.31. The molecule has 94 valence electrons. The minimum Gasteiger partial charge on any atom is -0.457 e. The third kappa shape index (κ3) is 2.57. The second kappa shape index (κ2) is 4.86. The SMILES string of the molecule is Cc1ccc(Oc2cc(Cl)c(N)cc2C)cc1F. The number of anilines is 1. The van der Waals surface area contributed by atoms with Crippen molar-refractivity contribution in [2.75, 3.05) is 5.73 Å². The number of nitrogen functional groups attached to an aromatic ring is 1. The van der Waals surface area contributed by atoms with Gasteiger partial charge in [0.05, 0.1) is 10.7 Å². The van der Waals surface area contributed by atoms with Crippen LogP contribution in [0.1, 0.15) is 11.1 Å². The van der Waals surface area contributed by atoms with Crippen LogP contribution in [0.3, 0.4) is 0 Å². The van der Waals surface area contributed by atoms with Crippen molar-refractivity contribution in [1.82, 2.24) is 0 Å². The van der Waals surface area contributed by atoms with E-state index in [0.29, 0.717) is 27.8 Å². The molecule has 0 radical (unpaired) electrons. The lowest BCUT2D eigenvalue weighted by Crippen LogP contribution is -1.93. The standard InChI is InChI=1S/C14H13ClFNO/c1-8-3-4-10(6-12(8)16)18-14-7-11(15)13(17)5-9(14)2/h3-7H,17H2,1-2H3. The lowest BCUT2D eigenvalue weighted by atomic mass is 10.2. The summed E-state index contributed by atoms with van der Waals surface area (Å²) in [5, 5.41) is 0.420. The number of rotatable bonds is 2. The Kier molecular flexibility index (Phi) is 3.43. The highest BCUT2D eigenvalue weighted by Crippen LogP contribution is 2.32. The molecule has 0 spiro atoms. The minimum atomic E-state index is -0.299. The number of halogens is 2. The molecule has 0 aliphatic rings. The number of hydrogen-bond donors (Lipinski definition) is 1. The van der Waals surface area contributed by atoms with E-state index in [4.69, 9.17) is 22.1 Å². The van der Waals surface area contributed by atoms with Crippen LogP contribution in [0.2, 0.25) is 5.02 Å².